The lowest BCUT2D eigenvalue weighted by Crippen LogP contribution is -2.37. The molecule has 0 atom stereocenters. The van der Waals surface area contributed by atoms with Gasteiger partial charge in [0.05, 0.1) is 25.3 Å². The zero-order valence-corrected chi connectivity index (χ0v) is 16.4. The van der Waals surface area contributed by atoms with Gasteiger partial charge in [0.25, 0.3) is 0 Å². The first kappa shape index (κ1) is 18.4. The lowest BCUT2D eigenvalue weighted by molar-refractivity contribution is 0.0689. The molecular weight excluding hydrogens is 358 g/mol. The van der Waals surface area contributed by atoms with Gasteiger partial charge in [0, 0.05) is 18.0 Å². The summed E-state index contributed by atoms with van der Waals surface area (Å²) in [5, 5.41) is 0.859. The SMILES string of the molecule is COc1ccc(-c2cc3ccc4c(c3oc2=O)CN(C(C)C)CO4)cc1OC. The van der Waals surface area contributed by atoms with Crippen LogP contribution in [0.4, 0.5) is 0 Å². The van der Waals surface area contributed by atoms with Crippen LogP contribution in [0.25, 0.3) is 22.1 Å². The maximum absolute atomic E-state index is 12.8. The van der Waals surface area contributed by atoms with Gasteiger partial charge in [-0.25, -0.2) is 4.79 Å². The van der Waals surface area contributed by atoms with E-state index >= 15 is 0 Å². The van der Waals surface area contributed by atoms with E-state index in [1.54, 1.807) is 26.4 Å². The Morgan fingerprint density at radius 1 is 1.04 bits per heavy atom. The van der Waals surface area contributed by atoms with E-state index in [0.717, 1.165) is 16.7 Å². The highest BCUT2D eigenvalue weighted by Crippen LogP contribution is 2.35. The summed E-state index contributed by atoms with van der Waals surface area (Å²) in [7, 11) is 3.14. The summed E-state index contributed by atoms with van der Waals surface area (Å²) < 4.78 is 22.2. The minimum absolute atomic E-state index is 0.334. The monoisotopic (exact) mass is 381 g/mol. The van der Waals surface area contributed by atoms with Gasteiger partial charge in [-0.15, -0.1) is 0 Å². The van der Waals surface area contributed by atoms with E-state index in [9.17, 15) is 4.79 Å². The van der Waals surface area contributed by atoms with Crippen molar-refractivity contribution < 1.29 is 18.6 Å². The van der Waals surface area contributed by atoms with Crippen molar-refractivity contribution in [2.45, 2.75) is 26.4 Å². The van der Waals surface area contributed by atoms with Crippen molar-refractivity contribution in [1.29, 1.82) is 0 Å². The van der Waals surface area contributed by atoms with Crippen molar-refractivity contribution >= 4 is 11.0 Å². The van der Waals surface area contributed by atoms with E-state index < -0.39 is 5.63 Å². The average Bonchev–Trinajstić information content (AvgIpc) is 2.72. The smallest absolute Gasteiger partial charge is 0.344 e. The van der Waals surface area contributed by atoms with Gasteiger partial charge in [-0.3, -0.25) is 4.90 Å². The number of benzene rings is 2. The molecule has 2 heterocycles. The number of rotatable bonds is 4. The molecule has 0 radical (unpaired) electrons. The molecule has 0 bridgehead atoms. The predicted octanol–water partition coefficient (Wildman–Crippen LogP) is 4.04. The molecule has 0 N–H and O–H groups in total. The first-order chi connectivity index (χ1) is 13.5. The number of ether oxygens (including phenoxy) is 3. The predicted molar refractivity (Wildman–Crippen MR) is 107 cm³/mol. The zero-order chi connectivity index (χ0) is 19.8. The van der Waals surface area contributed by atoms with E-state index in [1.807, 2.05) is 24.3 Å². The normalized spacial score (nSPS) is 14.0. The third-order valence-corrected chi connectivity index (χ3v) is 5.13. The minimum atomic E-state index is -0.394. The van der Waals surface area contributed by atoms with E-state index in [0.29, 0.717) is 47.5 Å². The summed E-state index contributed by atoms with van der Waals surface area (Å²) in [5.41, 5.74) is 2.29. The van der Waals surface area contributed by atoms with Crippen molar-refractivity contribution in [2.75, 3.05) is 21.0 Å². The maximum atomic E-state index is 12.8. The molecule has 0 amide bonds. The van der Waals surface area contributed by atoms with Gasteiger partial charge < -0.3 is 18.6 Å². The van der Waals surface area contributed by atoms with Crippen LogP contribution in [-0.4, -0.2) is 31.9 Å². The van der Waals surface area contributed by atoms with E-state index in [1.165, 1.54) is 0 Å². The standard InChI is InChI=1S/C22H23NO5/c1-13(2)23-11-17-18(27-12-23)7-6-15-9-16(22(24)28-21(15)17)14-5-8-19(25-3)20(10-14)26-4/h5-10,13H,11-12H2,1-4H3. The fraction of sp³-hybridized carbons (Fsp3) is 0.318. The Balaban J connectivity index is 1.84. The summed E-state index contributed by atoms with van der Waals surface area (Å²) in [6, 6.07) is 11.4. The first-order valence-electron chi connectivity index (χ1n) is 9.20. The fourth-order valence-electron chi connectivity index (χ4n) is 3.45. The minimum Gasteiger partial charge on any atom is -0.493 e. The van der Waals surface area contributed by atoms with Crippen LogP contribution in [0.2, 0.25) is 0 Å². The van der Waals surface area contributed by atoms with E-state index in [2.05, 4.69) is 18.7 Å². The third kappa shape index (κ3) is 3.10. The second kappa shape index (κ2) is 7.20. The van der Waals surface area contributed by atoms with Crippen LogP contribution in [0.5, 0.6) is 17.2 Å². The molecule has 6 nitrogen and oxygen atoms in total. The molecule has 3 aromatic rings. The van der Waals surface area contributed by atoms with Crippen LogP contribution < -0.4 is 19.8 Å². The molecule has 2 aromatic carbocycles. The zero-order valence-electron chi connectivity index (χ0n) is 16.4. The molecule has 0 unspecified atom stereocenters. The van der Waals surface area contributed by atoms with Crippen LogP contribution >= 0.6 is 0 Å². The van der Waals surface area contributed by atoms with Crippen LogP contribution in [-0.2, 0) is 6.54 Å². The van der Waals surface area contributed by atoms with Crippen molar-refractivity contribution in [3.63, 3.8) is 0 Å². The van der Waals surface area contributed by atoms with Crippen LogP contribution in [0.3, 0.4) is 0 Å². The number of hydrogen-bond acceptors (Lipinski definition) is 6. The number of hydrogen-bond donors (Lipinski definition) is 0. The molecule has 0 aliphatic carbocycles. The molecule has 146 valence electrons. The lowest BCUT2D eigenvalue weighted by atomic mass is 10.0. The highest BCUT2D eigenvalue weighted by atomic mass is 16.5. The Morgan fingerprint density at radius 3 is 2.54 bits per heavy atom. The molecule has 28 heavy (non-hydrogen) atoms. The van der Waals surface area contributed by atoms with Gasteiger partial charge in [0.2, 0.25) is 0 Å². The molecule has 0 saturated heterocycles. The Morgan fingerprint density at radius 2 is 1.82 bits per heavy atom. The fourth-order valence-corrected chi connectivity index (χ4v) is 3.45. The molecule has 0 spiro atoms. The number of nitrogens with zero attached hydrogens (tertiary/aromatic N) is 1. The highest BCUT2D eigenvalue weighted by Gasteiger charge is 2.23. The molecule has 1 aliphatic rings. The van der Waals surface area contributed by atoms with Gasteiger partial charge in [0.15, 0.2) is 11.5 Å². The first-order valence-corrected chi connectivity index (χ1v) is 9.20. The quantitative estimate of drug-likeness (QED) is 0.636. The summed E-state index contributed by atoms with van der Waals surface area (Å²) >= 11 is 0. The second-order valence-electron chi connectivity index (χ2n) is 7.09. The molecule has 0 saturated carbocycles. The summed E-state index contributed by atoms with van der Waals surface area (Å²) in [6.07, 6.45) is 0. The maximum Gasteiger partial charge on any atom is 0.344 e. The largest absolute Gasteiger partial charge is 0.493 e. The second-order valence-corrected chi connectivity index (χ2v) is 7.09. The average molecular weight is 381 g/mol. The molecular formula is C22H23NO5. The highest BCUT2D eigenvalue weighted by molar-refractivity contribution is 5.86. The number of fused-ring (bicyclic) bond motifs is 3. The topological polar surface area (TPSA) is 61.1 Å². The van der Waals surface area contributed by atoms with Crippen molar-refractivity contribution in [3.8, 4) is 28.4 Å². The van der Waals surface area contributed by atoms with Gasteiger partial charge in [-0.05, 0) is 49.7 Å². The van der Waals surface area contributed by atoms with Crippen molar-refractivity contribution in [2.24, 2.45) is 0 Å². The van der Waals surface area contributed by atoms with Crippen molar-refractivity contribution in [3.05, 3.63) is 52.4 Å². The Kier molecular flexibility index (Phi) is 4.73. The number of methoxy groups -OCH3 is 2. The van der Waals surface area contributed by atoms with Gasteiger partial charge in [-0.2, -0.15) is 0 Å². The molecule has 1 aliphatic heterocycles. The van der Waals surface area contributed by atoms with Crippen molar-refractivity contribution in [1.82, 2.24) is 4.90 Å². The Bertz CT molecular complexity index is 1090. The summed E-state index contributed by atoms with van der Waals surface area (Å²) in [6.45, 7) is 5.45. The summed E-state index contributed by atoms with van der Waals surface area (Å²) in [5.74, 6) is 1.94. The van der Waals surface area contributed by atoms with E-state index in [4.69, 9.17) is 18.6 Å². The van der Waals surface area contributed by atoms with Gasteiger partial charge >= 0.3 is 5.63 Å². The van der Waals surface area contributed by atoms with Crippen LogP contribution in [0, 0.1) is 0 Å². The molecule has 1 aromatic heterocycles. The molecule has 4 rings (SSSR count). The van der Waals surface area contributed by atoms with Gasteiger partial charge in [0.1, 0.15) is 18.1 Å². The van der Waals surface area contributed by atoms with Crippen LogP contribution in [0.1, 0.15) is 19.4 Å². The lowest BCUT2D eigenvalue weighted by Gasteiger charge is -2.32. The summed E-state index contributed by atoms with van der Waals surface area (Å²) in [4.78, 5) is 15.0. The van der Waals surface area contributed by atoms with Crippen LogP contribution in [0.15, 0.2) is 45.6 Å². The Labute approximate surface area is 163 Å². The van der Waals surface area contributed by atoms with E-state index in [-0.39, 0.29) is 0 Å². The molecule has 0 fully saturated rings. The Hall–Kier alpha value is -2.99. The van der Waals surface area contributed by atoms with Gasteiger partial charge in [-0.1, -0.05) is 6.07 Å². The molecule has 6 heteroatoms. The third-order valence-electron chi connectivity index (χ3n) is 5.13.